The molecule has 0 unspecified atom stereocenters. The molecule has 1 atom stereocenters. The van der Waals surface area contributed by atoms with E-state index in [4.69, 9.17) is 23.7 Å². The summed E-state index contributed by atoms with van der Waals surface area (Å²) in [6.45, 7) is 7.34. The van der Waals surface area contributed by atoms with E-state index in [9.17, 15) is 4.79 Å². The maximum absolute atomic E-state index is 12.6. The van der Waals surface area contributed by atoms with Crippen LogP contribution in [0.15, 0.2) is 0 Å². The number of nitrogens with zero attached hydrogens (tertiary/aromatic N) is 1. The van der Waals surface area contributed by atoms with E-state index in [1.54, 1.807) is 0 Å². The number of ether oxygens (including phenoxy) is 5. The molecular weight excluding hydrogens is 328 g/mol. The van der Waals surface area contributed by atoms with Gasteiger partial charge < -0.3 is 33.9 Å². The molecule has 8 nitrogen and oxygen atoms in total. The average molecular weight is 360 g/mol. The Balaban J connectivity index is 1.74. The predicted octanol–water partition coefficient (Wildman–Crippen LogP) is -0.336. The van der Waals surface area contributed by atoms with Crippen LogP contribution in [0.3, 0.4) is 0 Å². The second-order valence-electron chi connectivity index (χ2n) is 6.04. The molecule has 2 rings (SSSR count). The molecule has 0 aromatic heterocycles. The van der Waals surface area contributed by atoms with Crippen molar-refractivity contribution in [3.8, 4) is 0 Å². The average Bonchev–Trinajstić information content (AvgIpc) is 3.16. The molecule has 0 spiro atoms. The molecule has 2 aliphatic rings. The maximum atomic E-state index is 12.6. The van der Waals surface area contributed by atoms with Crippen molar-refractivity contribution in [3.63, 3.8) is 0 Å². The third-order valence-corrected chi connectivity index (χ3v) is 4.17. The number of nitrogens with one attached hydrogen (secondary N) is 1. The van der Waals surface area contributed by atoms with Crippen LogP contribution in [0.4, 0.5) is 0 Å². The molecule has 2 fully saturated rings. The van der Waals surface area contributed by atoms with Crippen molar-refractivity contribution >= 4 is 5.91 Å². The molecule has 25 heavy (non-hydrogen) atoms. The van der Waals surface area contributed by atoms with Crippen LogP contribution in [-0.2, 0) is 28.5 Å². The summed E-state index contributed by atoms with van der Waals surface area (Å²) < 4.78 is 27.4. The van der Waals surface area contributed by atoms with Gasteiger partial charge in [-0.25, -0.2) is 0 Å². The molecule has 0 saturated carbocycles. The first kappa shape index (κ1) is 20.5. The molecular formula is C17H32N2O6. The fraction of sp³-hybridized carbons (Fsp3) is 0.941. The minimum Gasteiger partial charge on any atom is -0.377 e. The number of carbonyl (C=O) groups is 1. The van der Waals surface area contributed by atoms with Crippen LogP contribution in [0.2, 0.25) is 0 Å². The van der Waals surface area contributed by atoms with E-state index in [1.807, 2.05) is 4.90 Å². The Bertz CT molecular complexity index is 334. The van der Waals surface area contributed by atoms with Gasteiger partial charge in [-0.15, -0.1) is 0 Å². The van der Waals surface area contributed by atoms with Crippen molar-refractivity contribution in [1.29, 1.82) is 0 Å². The maximum Gasteiger partial charge on any atom is 0.239 e. The number of carbonyl (C=O) groups excluding carboxylic acids is 1. The van der Waals surface area contributed by atoms with E-state index in [-0.39, 0.29) is 11.9 Å². The zero-order valence-electron chi connectivity index (χ0n) is 15.1. The molecule has 0 aliphatic carbocycles. The Morgan fingerprint density at radius 2 is 1.16 bits per heavy atom. The molecule has 0 bridgehead atoms. The van der Waals surface area contributed by atoms with Gasteiger partial charge in [-0.1, -0.05) is 0 Å². The Kier molecular flexibility index (Phi) is 11.0. The van der Waals surface area contributed by atoms with Crippen LogP contribution in [0.1, 0.15) is 12.8 Å². The molecule has 8 heteroatoms. The normalized spacial score (nSPS) is 26.7. The third-order valence-electron chi connectivity index (χ3n) is 4.17. The summed E-state index contributed by atoms with van der Waals surface area (Å²) in [6.07, 6.45) is 1.95. The zero-order valence-corrected chi connectivity index (χ0v) is 15.1. The van der Waals surface area contributed by atoms with Crippen LogP contribution >= 0.6 is 0 Å². The summed E-state index contributed by atoms with van der Waals surface area (Å²) in [7, 11) is 0. The summed E-state index contributed by atoms with van der Waals surface area (Å²) in [6, 6.07) is -0.0653. The molecule has 0 aromatic rings. The van der Waals surface area contributed by atoms with Crippen molar-refractivity contribution in [2.24, 2.45) is 0 Å². The first-order chi connectivity index (χ1) is 12.4. The van der Waals surface area contributed by atoms with E-state index in [2.05, 4.69) is 5.32 Å². The third kappa shape index (κ3) is 8.94. The van der Waals surface area contributed by atoms with E-state index < -0.39 is 0 Å². The lowest BCUT2D eigenvalue weighted by Crippen LogP contribution is -2.46. The van der Waals surface area contributed by atoms with Crippen molar-refractivity contribution in [2.45, 2.75) is 18.9 Å². The van der Waals surface area contributed by atoms with Crippen molar-refractivity contribution in [3.05, 3.63) is 0 Å². The fourth-order valence-corrected chi connectivity index (χ4v) is 2.78. The monoisotopic (exact) mass is 360 g/mol. The van der Waals surface area contributed by atoms with Gasteiger partial charge in [0.1, 0.15) is 0 Å². The van der Waals surface area contributed by atoms with Crippen LogP contribution in [0.5, 0.6) is 0 Å². The standard InChI is InChI=1S/C17H32N2O6/c20-17(16-2-1-3-18-16)19-4-6-21-8-10-23-12-14-25-15-13-24-11-9-22-7-5-19/h16,18H,1-15H2/t16-/m1/s1. The van der Waals surface area contributed by atoms with Gasteiger partial charge >= 0.3 is 0 Å². The highest BCUT2D eigenvalue weighted by atomic mass is 16.6. The summed E-state index contributed by atoms with van der Waals surface area (Å²) in [5, 5.41) is 3.26. The minimum absolute atomic E-state index is 0.0653. The fourth-order valence-electron chi connectivity index (χ4n) is 2.78. The van der Waals surface area contributed by atoms with Gasteiger partial charge in [0.15, 0.2) is 0 Å². The Morgan fingerprint density at radius 1 is 0.720 bits per heavy atom. The first-order valence-electron chi connectivity index (χ1n) is 9.29. The van der Waals surface area contributed by atoms with Crippen LogP contribution in [0.25, 0.3) is 0 Å². The predicted molar refractivity (Wildman–Crippen MR) is 91.7 cm³/mol. The summed E-state index contributed by atoms with van der Waals surface area (Å²) >= 11 is 0. The molecule has 2 aliphatic heterocycles. The van der Waals surface area contributed by atoms with Crippen molar-refractivity contribution < 1.29 is 28.5 Å². The Morgan fingerprint density at radius 3 is 1.56 bits per heavy atom. The molecule has 2 saturated heterocycles. The van der Waals surface area contributed by atoms with E-state index in [0.29, 0.717) is 79.2 Å². The molecule has 146 valence electrons. The molecule has 2 heterocycles. The second kappa shape index (κ2) is 13.4. The molecule has 1 N–H and O–H groups in total. The lowest BCUT2D eigenvalue weighted by Gasteiger charge is -2.25. The van der Waals surface area contributed by atoms with E-state index in [1.165, 1.54) is 0 Å². The highest BCUT2D eigenvalue weighted by molar-refractivity contribution is 5.82. The van der Waals surface area contributed by atoms with Crippen LogP contribution in [0, 0.1) is 0 Å². The molecule has 0 radical (unpaired) electrons. The lowest BCUT2D eigenvalue weighted by molar-refractivity contribution is -0.134. The van der Waals surface area contributed by atoms with Crippen molar-refractivity contribution in [2.75, 3.05) is 85.7 Å². The Hall–Kier alpha value is -0.770. The summed E-state index contributed by atoms with van der Waals surface area (Å²) in [5.41, 5.74) is 0. The second-order valence-corrected chi connectivity index (χ2v) is 6.04. The number of rotatable bonds is 1. The van der Waals surface area contributed by atoms with Gasteiger partial charge in [-0.3, -0.25) is 4.79 Å². The zero-order chi connectivity index (χ0) is 17.6. The minimum atomic E-state index is -0.0653. The highest BCUT2D eigenvalue weighted by Crippen LogP contribution is 2.08. The van der Waals surface area contributed by atoms with Gasteiger partial charge in [0.25, 0.3) is 0 Å². The number of amides is 1. The number of hydrogen-bond acceptors (Lipinski definition) is 7. The first-order valence-corrected chi connectivity index (χ1v) is 9.29. The van der Waals surface area contributed by atoms with Crippen molar-refractivity contribution in [1.82, 2.24) is 10.2 Å². The SMILES string of the molecule is O=C([C@H]1CCCN1)N1CCOCCOCCOCCOCCOCC1. The topological polar surface area (TPSA) is 78.5 Å². The number of hydrogen-bond donors (Lipinski definition) is 1. The van der Waals surface area contributed by atoms with Gasteiger partial charge in [-0.05, 0) is 19.4 Å². The van der Waals surface area contributed by atoms with Crippen LogP contribution < -0.4 is 5.32 Å². The van der Waals surface area contributed by atoms with E-state index in [0.717, 1.165) is 19.4 Å². The smallest absolute Gasteiger partial charge is 0.239 e. The lowest BCUT2D eigenvalue weighted by atomic mass is 10.2. The molecule has 0 aromatic carbocycles. The van der Waals surface area contributed by atoms with Gasteiger partial charge in [-0.2, -0.15) is 0 Å². The van der Waals surface area contributed by atoms with E-state index >= 15 is 0 Å². The Labute approximate surface area is 150 Å². The summed E-state index contributed by atoms with van der Waals surface area (Å²) in [5.74, 6) is 0.142. The highest BCUT2D eigenvalue weighted by Gasteiger charge is 2.26. The van der Waals surface area contributed by atoms with Crippen LogP contribution in [-0.4, -0.2) is 103 Å². The molecule has 1 amide bonds. The summed E-state index contributed by atoms with van der Waals surface area (Å²) in [4.78, 5) is 14.4. The van der Waals surface area contributed by atoms with Gasteiger partial charge in [0.2, 0.25) is 5.91 Å². The van der Waals surface area contributed by atoms with Gasteiger partial charge in [0.05, 0.1) is 72.1 Å². The quantitative estimate of drug-likeness (QED) is 0.686. The largest absolute Gasteiger partial charge is 0.377 e. The van der Waals surface area contributed by atoms with Gasteiger partial charge in [0, 0.05) is 13.1 Å².